The monoisotopic (exact) mass is 439 g/mol. The number of nitrogens with one attached hydrogen (secondary N) is 2. The lowest BCUT2D eigenvalue weighted by molar-refractivity contribution is -0.274. The van der Waals surface area contributed by atoms with E-state index in [4.69, 9.17) is 16.9 Å². The third-order valence-electron chi connectivity index (χ3n) is 4.97. The van der Waals surface area contributed by atoms with Gasteiger partial charge in [-0.1, -0.05) is 29.8 Å². The lowest BCUT2D eigenvalue weighted by Gasteiger charge is -2.25. The van der Waals surface area contributed by atoms with Gasteiger partial charge in [0.15, 0.2) is 0 Å². The van der Waals surface area contributed by atoms with Gasteiger partial charge in [-0.25, -0.2) is 4.98 Å². The van der Waals surface area contributed by atoms with Crippen LogP contribution < -0.4 is 15.4 Å². The number of ether oxygens (including phenoxy) is 1. The number of para-hydroxylation sites is 1. The number of halogens is 4. The Balaban J connectivity index is 1.59. The highest BCUT2D eigenvalue weighted by Gasteiger charge is 2.32. The average molecular weight is 440 g/mol. The van der Waals surface area contributed by atoms with Gasteiger partial charge >= 0.3 is 6.36 Å². The van der Waals surface area contributed by atoms with Crippen LogP contribution in [0.3, 0.4) is 0 Å². The molecule has 0 saturated heterocycles. The van der Waals surface area contributed by atoms with Crippen LogP contribution in [0.2, 0.25) is 5.02 Å². The molecule has 1 heterocycles. The summed E-state index contributed by atoms with van der Waals surface area (Å²) in [6.45, 7) is 0.724. The van der Waals surface area contributed by atoms with Crippen molar-refractivity contribution in [3.05, 3.63) is 41.0 Å². The Morgan fingerprint density at radius 2 is 1.90 bits per heavy atom. The Bertz CT molecular complexity index is 895. The lowest BCUT2D eigenvalue weighted by Crippen LogP contribution is -2.21. The van der Waals surface area contributed by atoms with Crippen LogP contribution in [0.5, 0.6) is 5.75 Å². The number of benzene rings is 1. The maximum Gasteiger partial charge on any atom is 0.573 e. The second-order valence-corrected chi connectivity index (χ2v) is 7.53. The fourth-order valence-electron chi connectivity index (χ4n) is 3.36. The number of hydrogen-bond donors (Lipinski definition) is 2. The van der Waals surface area contributed by atoms with Crippen LogP contribution in [0.15, 0.2) is 30.5 Å². The van der Waals surface area contributed by atoms with Crippen molar-refractivity contribution in [2.24, 2.45) is 11.8 Å². The zero-order valence-corrected chi connectivity index (χ0v) is 16.8. The van der Waals surface area contributed by atoms with Crippen LogP contribution in [0.1, 0.15) is 31.2 Å². The first-order valence-corrected chi connectivity index (χ1v) is 9.95. The minimum absolute atomic E-state index is 0.0471. The molecule has 30 heavy (non-hydrogen) atoms. The number of aromatic nitrogens is 2. The summed E-state index contributed by atoms with van der Waals surface area (Å²) >= 11 is 6.17. The van der Waals surface area contributed by atoms with E-state index in [2.05, 4.69) is 31.4 Å². The molecule has 0 bridgehead atoms. The van der Waals surface area contributed by atoms with Crippen LogP contribution in [-0.2, 0) is 6.54 Å². The van der Waals surface area contributed by atoms with E-state index in [1.807, 2.05) is 0 Å². The second kappa shape index (κ2) is 9.85. The van der Waals surface area contributed by atoms with Crippen molar-refractivity contribution in [1.29, 1.82) is 5.26 Å². The van der Waals surface area contributed by atoms with Crippen LogP contribution >= 0.6 is 11.6 Å². The molecule has 0 atom stereocenters. The average Bonchev–Trinajstić information content (AvgIpc) is 2.72. The van der Waals surface area contributed by atoms with Crippen molar-refractivity contribution < 1.29 is 17.9 Å². The van der Waals surface area contributed by atoms with E-state index in [1.165, 1.54) is 24.4 Å². The van der Waals surface area contributed by atoms with Crippen LogP contribution in [0.25, 0.3) is 0 Å². The van der Waals surface area contributed by atoms with Gasteiger partial charge in [0.25, 0.3) is 0 Å². The first-order valence-electron chi connectivity index (χ1n) is 9.57. The zero-order chi connectivity index (χ0) is 21.6. The van der Waals surface area contributed by atoms with E-state index < -0.39 is 6.36 Å². The van der Waals surface area contributed by atoms with Gasteiger partial charge in [-0.15, -0.1) is 13.2 Å². The lowest BCUT2D eigenvalue weighted by atomic mass is 9.83. The summed E-state index contributed by atoms with van der Waals surface area (Å²) in [6, 6.07) is 8.19. The van der Waals surface area contributed by atoms with Crippen LogP contribution in [0, 0.1) is 23.2 Å². The summed E-state index contributed by atoms with van der Waals surface area (Å²) in [7, 11) is 0. The van der Waals surface area contributed by atoms with Crippen molar-refractivity contribution in [1.82, 2.24) is 9.97 Å². The maximum atomic E-state index is 12.6. The molecule has 1 aromatic heterocycles. The quantitative estimate of drug-likeness (QED) is 0.602. The molecule has 2 aromatic rings. The summed E-state index contributed by atoms with van der Waals surface area (Å²) in [6.07, 6.45) is 0.392. The van der Waals surface area contributed by atoms with Gasteiger partial charge in [0.1, 0.15) is 16.6 Å². The van der Waals surface area contributed by atoms with E-state index in [1.54, 1.807) is 6.07 Å². The molecule has 0 radical (unpaired) electrons. The molecule has 0 amide bonds. The predicted octanol–water partition coefficient (Wildman–Crippen LogP) is 5.38. The SMILES string of the molecule is N#CC1CCC(CNc2nc(NCc3ccccc3OC(F)(F)F)ncc2Cl)CC1. The molecule has 0 spiro atoms. The van der Waals surface area contributed by atoms with Crippen LogP contribution in [-0.4, -0.2) is 22.9 Å². The van der Waals surface area contributed by atoms with Crippen molar-refractivity contribution in [3.8, 4) is 11.8 Å². The normalized spacial score (nSPS) is 19.0. The minimum atomic E-state index is -4.77. The van der Waals surface area contributed by atoms with Crippen molar-refractivity contribution in [3.63, 3.8) is 0 Å². The Labute approximate surface area is 177 Å². The Kier molecular flexibility index (Phi) is 7.21. The van der Waals surface area contributed by atoms with E-state index >= 15 is 0 Å². The molecule has 0 unspecified atom stereocenters. The zero-order valence-electron chi connectivity index (χ0n) is 16.0. The highest BCUT2D eigenvalue weighted by Crippen LogP contribution is 2.30. The standard InChI is InChI=1S/C20H21ClF3N5O/c21-16-12-28-19(27-11-15-3-1-2-4-17(15)30-20(22,23)24)29-18(16)26-10-14-7-5-13(9-25)6-8-14/h1-4,12-14H,5-8,10-11H2,(H2,26,27,28,29). The number of rotatable bonds is 7. The molecule has 1 aliphatic carbocycles. The second-order valence-electron chi connectivity index (χ2n) is 7.13. The molecule has 1 aromatic carbocycles. The summed E-state index contributed by atoms with van der Waals surface area (Å²) < 4.78 is 41.7. The highest BCUT2D eigenvalue weighted by atomic mass is 35.5. The minimum Gasteiger partial charge on any atom is -0.405 e. The molecule has 1 fully saturated rings. The van der Waals surface area contributed by atoms with Gasteiger partial charge in [-0.3, -0.25) is 0 Å². The Morgan fingerprint density at radius 3 is 2.60 bits per heavy atom. The fraction of sp³-hybridized carbons (Fsp3) is 0.450. The molecule has 1 aliphatic rings. The topological polar surface area (TPSA) is 82.9 Å². The maximum absolute atomic E-state index is 12.6. The molecular weight excluding hydrogens is 419 g/mol. The van der Waals surface area contributed by atoms with Gasteiger partial charge in [-0.05, 0) is 37.7 Å². The van der Waals surface area contributed by atoms with Gasteiger partial charge in [0.2, 0.25) is 5.95 Å². The summed E-state index contributed by atoms with van der Waals surface area (Å²) in [5, 5.41) is 15.5. The molecule has 3 rings (SSSR count). The van der Waals surface area contributed by atoms with E-state index in [-0.39, 0.29) is 24.2 Å². The number of hydrogen-bond acceptors (Lipinski definition) is 6. The fourth-order valence-corrected chi connectivity index (χ4v) is 3.52. The molecule has 160 valence electrons. The number of anilines is 2. The molecule has 6 nitrogen and oxygen atoms in total. The molecule has 1 saturated carbocycles. The van der Waals surface area contributed by atoms with Gasteiger partial charge in [0, 0.05) is 24.6 Å². The third kappa shape index (κ3) is 6.39. The smallest absolute Gasteiger partial charge is 0.405 e. The van der Waals surface area contributed by atoms with Crippen LogP contribution in [0.4, 0.5) is 24.9 Å². The van der Waals surface area contributed by atoms with E-state index in [0.29, 0.717) is 28.9 Å². The molecule has 2 N–H and O–H groups in total. The van der Waals surface area contributed by atoms with Gasteiger partial charge in [-0.2, -0.15) is 10.2 Å². The van der Waals surface area contributed by atoms with Crippen molar-refractivity contribution in [2.75, 3.05) is 17.2 Å². The highest BCUT2D eigenvalue weighted by molar-refractivity contribution is 6.32. The third-order valence-corrected chi connectivity index (χ3v) is 5.24. The Hall–Kier alpha value is -2.73. The number of alkyl halides is 3. The first kappa shape index (κ1) is 22.0. The number of nitrogens with zero attached hydrogens (tertiary/aromatic N) is 3. The molecular formula is C20H21ClF3N5O. The predicted molar refractivity (Wildman–Crippen MR) is 107 cm³/mol. The van der Waals surface area contributed by atoms with Crippen molar-refractivity contribution >= 4 is 23.4 Å². The van der Waals surface area contributed by atoms with Gasteiger partial charge < -0.3 is 15.4 Å². The first-order chi connectivity index (χ1) is 14.3. The molecule has 10 heteroatoms. The van der Waals surface area contributed by atoms with Crippen molar-refractivity contribution in [2.45, 2.75) is 38.6 Å². The van der Waals surface area contributed by atoms with E-state index in [9.17, 15) is 13.2 Å². The summed E-state index contributed by atoms with van der Waals surface area (Å²) in [5.41, 5.74) is 0.317. The van der Waals surface area contributed by atoms with E-state index in [0.717, 1.165) is 25.7 Å². The summed E-state index contributed by atoms with van der Waals surface area (Å²) in [5.74, 6) is 0.985. The Morgan fingerprint density at radius 1 is 1.17 bits per heavy atom. The largest absolute Gasteiger partial charge is 0.573 e. The van der Waals surface area contributed by atoms with Gasteiger partial charge in [0.05, 0.1) is 12.3 Å². The molecule has 0 aliphatic heterocycles. The number of nitriles is 1. The summed E-state index contributed by atoms with van der Waals surface area (Å²) in [4.78, 5) is 8.41.